The minimum atomic E-state index is -1.06. The summed E-state index contributed by atoms with van der Waals surface area (Å²) in [5, 5.41) is 13.7. The van der Waals surface area contributed by atoms with Crippen molar-refractivity contribution in [2.45, 2.75) is 13.0 Å². The Hall–Kier alpha value is -2.04. The molecule has 86 valence electrons. The third-order valence-corrected chi connectivity index (χ3v) is 1.96. The van der Waals surface area contributed by atoms with E-state index < -0.39 is 12.0 Å². The van der Waals surface area contributed by atoms with Crippen molar-refractivity contribution in [1.82, 2.24) is 5.32 Å². The van der Waals surface area contributed by atoms with Gasteiger partial charge in [-0.25, -0.2) is 0 Å². The molecule has 0 bridgehead atoms. The molecule has 0 heterocycles. The van der Waals surface area contributed by atoms with Crippen molar-refractivity contribution < 1.29 is 14.7 Å². The highest BCUT2D eigenvalue weighted by Crippen LogP contribution is 2.06. The van der Waals surface area contributed by atoms with Crippen molar-refractivity contribution in [2.24, 2.45) is 0 Å². The molecular formula is C11H14N2O3. The topological polar surface area (TPSA) is 78.4 Å². The smallest absolute Gasteiger partial charge is 0.322 e. The molecule has 0 aromatic heterocycles. The van der Waals surface area contributed by atoms with Crippen LogP contribution in [0, 0.1) is 0 Å². The van der Waals surface area contributed by atoms with Gasteiger partial charge < -0.3 is 15.7 Å². The summed E-state index contributed by atoms with van der Waals surface area (Å²) in [5.74, 6) is -1.40. The van der Waals surface area contributed by atoms with Crippen molar-refractivity contribution in [2.75, 3.05) is 11.9 Å². The number of amides is 1. The van der Waals surface area contributed by atoms with Gasteiger partial charge in [-0.15, -0.1) is 0 Å². The van der Waals surface area contributed by atoms with Crippen LogP contribution in [0.1, 0.15) is 6.92 Å². The minimum absolute atomic E-state index is 0.341. The summed E-state index contributed by atoms with van der Waals surface area (Å²) in [4.78, 5) is 21.7. The van der Waals surface area contributed by atoms with Crippen LogP contribution in [0.3, 0.4) is 0 Å². The van der Waals surface area contributed by atoms with Crippen molar-refractivity contribution in [3.8, 4) is 0 Å². The maximum atomic E-state index is 11.4. The molecule has 5 nitrogen and oxygen atoms in total. The Morgan fingerprint density at radius 3 is 2.50 bits per heavy atom. The van der Waals surface area contributed by atoms with Gasteiger partial charge in [-0.1, -0.05) is 18.2 Å². The molecule has 1 aromatic carbocycles. The number of carbonyl (C=O) groups is 2. The Labute approximate surface area is 93.5 Å². The van der Waals surface area contributed by atoms with E-state index in [4.69, 9.17) is 5.11 Å². The molecule has 0 saturated heterocycles. The maximum Gasteiger partial charge on any atom is 0.322 e. The van der Waals surface area contributed by atoms with Crippen LogP contribution in [0.5, 0.6) is 0 Å². The lowest BCUT2D eigenvalue weighted by Crippen LogP contribution is -2.39. The van der Waals surface area contributed by atoms with Gasteiger partial charge in [0.25, 0.3) is 0 Å². The molecule has 0 fully saturated rings. The van der Waals surface area contributed by atoms with Crippen LogP contribution >= 0.6 is 0 Å². The lowest BCUT2D eigenvalue weighted by molar-refractivity contribution is -0.138. The van der Waals surface area contributed by atoms with E-state index in [1.807, 2.05) is 30.3 Å². The van der Waals surface area contributed by atoms with Crippen LogP contribution in [0.25, 0.3) is 0 Å². The predicted molar refractivity (Wildman–Crippen MR) is 60.2 cm³/mol. The summed E-state index contributed by atoms with van der Waals surface area (Å²) in [5.41, 5.74) is 0.820. The van der Waals surface area contributed by atoms with Crippen LogP contribution in [0.2, 0.25) is 0 Å². The molecule has 0 radical (unpaired) electrons. The Balaban J connectivity index is 2.43. The van der Waals surface area contributed by atoms with E-state index in [9.17, 15) is 9.59 Å². The number of carbonyl (C=O) groups excluding carboxylic acids is 1. The van der Waals surface area contributed by atoms with E-state index in [0.29, 0.717) is 0 Å². The zero-order valence-electron chi connectivity index (χ0n) is 8.93. The number of anilines is 1. The summed E-state index contributed by atoms with van der Waals surface area (Å²) >= 11 is 0. The molecule has 0 aliphatic rings. The van der Waals surface area contributed by atoms with Crippen molar-refractivity contribution in [3.05, 3.63) is 30.3 Å². The molecular weight excluding hydrogens is 208 g/mol. The molecule has 1 unspecified atom stereocenters. The van der Waals surface area contributed by atoms with Gasteiger partial charge >= 0.3 is 5.97 Å². The molecule has 3 N–H and O–H groups in total. The van der Waals surface area contributed by atoms with E-state index in [-0.39, 0.29) is 12.5 Å². The number of rotatable bonds is 5. The van der Waals surface area contributed by atoms with Crippen LogP contribution in [-0.2, 0) is 9.59 Å². The molecule has 5 heteroatoms. The van der Waals surface area contributed by atoms with Crippen LogP contribution in [-0.4, -0.2) is 29.6 Å². The number of benzene rings is 1. The first-order valence-electron chi connectivity index (χ1n) is 4.90. The second-order valence-electron chi connectivity index (χ2n) is 3.34. The monoisotopic (exact) mass is 222 g/mol. The Morgan fingerprint density at radius 1 is 1.31 bits per heavy atom. The molecule has 0 aliphatic carbocycles. The molecule has 1 amide bonds. The fraction of sp³-hybridized carbons (Fsp3) is 0.273. The molecule has 0 saturated carbocycles. The number of hydrogen-bond acceptors (Lipinski definition) is 3. The first kappa shape index (κ1) is 12.0. The van der Waals surface area contributed by atoms with Gasteiger partial charge in [0, 0.05) is 5.69 Å². The summed E-state index contributed by atoms with van der Waals surface area (Å²) in [6, 6.07) is 8.78. The molecule has 1 rings (SSSR count). The predicted octanol–water partition coefficient (Wildman–Crippen LogP) is 0.688. The number of carboxylic acids is 1. The van der Waals surface area contributed by atoms with E-state index in [1.54, 1.807) is 6.92 Å². The van der Waals surface area contributed by atoms with E-state index >= 15 is 0 Å². The second kappa shape index (κ2) is 5.75. The summed E-state index contributed by atoms with van der Waals surface area (Å²) in [7, 11) is 0. The first-order chi connectivity index (χ1) is 7.59. The normalized spacial score (nSPS) is 11.6. The van der Waals surface area contributed by atoms with Crippen molar-refractivity contribution >= 4 is 17.6 Å². The molecule has 0 aliphatic heterocycles. The van der Waals surface area contributed by atoms with Gasteiger partial charge in [0.2, 0.25) is 5.91 Å². The fourth-order valence-electron chi connectivity index (χ4n) is 1.17. The lowest BCUT2D eigenvalue weighted by atomic mass is 10.2. The second-order valence-corrected chi connectivity index (χ2v) is 3.34. The van der Waals surface area contributed by atoms with Gasteiger partial charge in [0.15, 0.2) is 0 Å². The number of para-hydroxylation sites is 1. The highest BCUT2D eigenvalue weighted by molar-refractivity contribution is 5.86. The summed E-state index contributed by atoms with van der Waals surface area (Å²) in [6.45, 7) is 1.31. The van der Waals surface area contributed by atoms with Gasteiger partial charge in [-0.2, -0.15) is 0 Å². The van der Waals surface area contributed by atoms with Gasteiger partial charge in [-0.3, -0.25) is 9.59 Å². The Bertz CT molecular complexity index is 365. The zero-order chi connectivity index (χ0) is 12.0. The van der Waals surface area contributed by atoms with Crippen LogP contribution in [0.4, 0.5) is 5.69 Å². The van der Waals surface area contributed by atoms with E-state index in [0.717, 1.165) is 5.69 Å². The van der Waals surface area contributed by atoms with Gasteiger partial charge in [0.1, 0.15) is 12.6 Å². The summed E-state index contributed by atoms with van der Waals surface area (Å²) in [6.07, 6.45) is 0. The highest BCUT2D eigenvalue weighted by Gasteiger charge is 2.12. The third kappa shape index (κ3) is 4.00. The number of carboxylic acid groups (broad SMARTS) is 1. The average molecular weight is 222 g/mol. The van der Waals surface area contributed by atoms with Crippen LogP contribution < -0.4 is 10.6 Å². The van der Waals surface area contributed by atoms with Gasteiger partial charge in [0.05, 0.1) is 0 Å². The lowest BCUT2D eigenvalue weighted by Gasteiger charge is -2.14. The minimum Gasteiger partial charge on any atom is -0.480 e. The first-order valence-corrected chi connectivity index (χ1v) is 4.90. The molecule has 0 spiro atoms. The largest absolute Gasteiger partial charge is 0.480 e. The highest BCUT2D eigenvalue weighted by atomic mass is 16.4. The maximum absolute atomic E-state index is 11.4. The number of nitrogens with one attached hydrogen (secondary N) is 2. The zero-order valence-corrected chi connectivity index (χ0v) is 8.93. The Morgan fingerprint density at radius 2 is 1.94 bits per heavy atom. The fourth-order valence-corrected chi connectivity index (χ4v) is 1.17. The van der Waals surface area contributed by atoms with E-state index in [2.05, 4.69) is 10.6 Å². The molecule has 16 heavy (non-hydrogen) atoms. The molecule has 1 atom stereocenters. The van der Waals surface area contributed by atoms with Crippen molar-refractivity contribution in [3.63, 3.8) is 0 Å². The van der Waals surface area contributed by atoms with E-state index in [1.165, 1.54) is 0 Å². The SMILES string of the molecule is CC(Nc1ccccc1)C(=O)NCC(=O)O. The van der Waals surface area contributed by atoms with Crippen molar-refractivity contribution in [1.29, 1.82) is 0 Å². The van der Waals surface area contributed by atoms with Gasteiger partial charge in [-0.05, 0) is 19.1 Å². The quantitative estimate of drug-likeness (QED) is 0.684. The standard InChI is InChI=1S/C11H14N2O3/c1-8(11(16)12-7-10(14)15)13-9-5-3-2-4-6-9/h2-6,8,13H,7H2,1H3,(H,12,16)(H,14,15). The number of aliphatic carboxylic acids is 1. The Kier molecular flexibility index (Phi) is 4.32. The third-order valence-electron chi connectivity index (χ3n) is 1.96. The van der Waals surface area contributed by atoms with Crippen LogP contribution in [0.15, 0.2) is 30.3 Å². The summed E-state index contributed by atoms with van der Waals surface area (Å²) < 4.78 is 0. The molecule has 1 aromatic rings. The number of hydrogen-bond donors (Lipinski definition) is 3. The average Bonchev–Trinajstić information content (AvgIpc) is 2.27.